The predicted octanol–water partition coefficient (Wildman–Crippen LogP) is 2.20. The summed E-state index contributed by atoms with van der Waals surface area (Å²) in [6, 6.07) is 7.27. The lowest BCUT2D eigenvalue weighted by Gasteiger charge is -2.18. The zero-order valence-electron chi connectivity index (χ0n) is 12.6. The molecule has 0 aromatic heterocycles. The molecule has 0 amide bonds. The number of likely N-dealkylation sites (N-methyl/N-ethyl adjacent to an activating group) is 1. The maximum atomic E-state index is 12.8. The van der Waals surface area contributed by atoms with Crippen LogP contribution in [0.25, 0.3) is 0 Å². The molecule has 4 nitrogen and oxygen atoms in total. The number of hydrogen-bond acceptors (Lipinski definition) is 2. The Hall–Kier alpha value is -0.890. The van der Waals surface area contributed by atoms with Crippen molar-refractivity contribution in [3.8, 4) is 0 Å². The highest BCUT2D eigenvalue weighted by molar-refractivity contribution is 14.0. The first-order chi connectivity index (χ1) is 9.67. The Morgan fingerprint density at radius 3 is 2.57 bits per heavy atom. The number of rotatable bonds is 6. The van der Waals surface area contributed by atoms with E-state index in [1.807, 2.05) is 12.1 Å². The van der Waals surface area contributed by atoms with Gasteiger partial charge < -0.3 is 15.5 Å². The summed E-state index contributed by atoms with van der Waals surface area (Å²) in [4.78, 5) is 6.39. The Morgan fingerprint density at radius 1 is 1.33 bits per heavy atom. The Morgan fingerprint density at radius 2 is 2.00 bits per heavy atom. The van der Waals surface area contributed by atoms with Crippen molar-refractivity contribution < 1.29 is 4.39 Å². The molecule has 0 saturated heterocycles. The predicted molar refractivity (Wildman–Crippen MR) is 95.7 cm³/mol. The topological polar surface area (TPSA) is 39.7 Å². The molecule has 6 heteroatoms. The van der Waals surface area contributed by atoms with E-state index >= 15 is 0 Å². The van der Waals surface area contributed by atoms with Crippen molar-refractivity contribution in [3.05, 3.63) is 35.6 Å². The Balaban J connectivity index is 0.00000220. The van der Waals surface area contributed by atoms with Crippen LogP contribution in [0, 0.1) is 5.82 Å². The molecular formula is C15H24FIN4. The fourth-order valence-corrected chi connectivity index (χ4v) is 1.96. The van der Waals surface area contributed by atoms with E-state index in [4.69, 9.17) is 0 Å². The summed E-state index contributed by atoms with van der Waals surface area (Å²) in [6.07, 6.45) is 2.48. The lowest BCUT2D eigenvalue weighted by Crippen LogP contribution is -2.41. The molecule has 1 fully saturated rings. The van der Waals surface area contributed by atoms with E-state index in [1.165, 1.54) is 25.0 Å². The van der Waals surface area contributed by atoms with E-state index in [0.29, 0.717) is 6.04 Å². The van der Waals surface area contributed by atoms with Crippen LogP contribution in [0.4, 0.5) is 4.39 Å². The zero-order valence-corrected chi connectivity index (χ0v) is 14.9. The van der Waals surface area contributed by atoms with Crippen molar-refractivity contribution in [2.24, 2.45) is 4.99 Å². The molecule has 0 unspecified atom stereocenters. The first-order valence-electron chi connectivity index (χ1n) is 7.07. The quantitative estimate of drug-likeness (QED) is 0.433. The van der Waals surface area contributed by atoms with Gasteiger partial charge in [-0.1, -0.05) is 12.1 Å². The monoisotopic (exact) mass is 406 g/mol. The number of nitrogens with one attached hydrogen (secondary N) is 2. The van der Waals surface area contributed by atoms with Gasteiger partial charge in [0.2, 0.25) is 0 Å². The van der Waals surface area contributed by atoms with Crippen molar-refractivity contribution in [2.75, 3.05) is 27.2 Å². The van der Waals surface area contributed by atoms with Crippen LogP contribution < -0.4 is 10.6 Å². The highest BCUT2D eigenvalue weighted by Crippen LogP contribution is 2.18. The van der Waals surface area contributed by atoms with Gasteiger partial charge in [-0.15, -0.1) is 24.0 Å². The Kier molecular flexibility index (Phi) is 7.95. The molecule has 0 bridgehead atoms. The fourth-order valence-electron chi connectivity index (χ4n) is 1.96. The molecular weight excluding hydrogens is 382 g/mol. The molecule has 0 spiro atoms. The molecule has 1 aromatic rings. The van der Waals surface area contributed by atoms with Crippen molar-refractivity contribution in [1.82, 2.24) is 15.5 Å². The van der Waals surface area contributed by atoms with Crippen LogP contribution in [-0.2, 0) is 6.54 Å². The molecule has 21 heavy (non-hydrogen) atoms. The number of halogens is 2. The van der Waals surface area contributed by atoms with Crippen molar-refractivity contribution in [3.63, 3.8) is 0 Å². The smallest absolute Gasteiger partial charge is 0.191 e. The summed E-state index contributed by atoms with van der Waals surface area (Å²) in [5.41, 5.74) is 1.12. The van der Waals surface area contributed by atoms with Gasteiger partial charge in [0.25, 0.3) is 0 Å². The minimum Gasteiger partial charge on any atom is -0.355 e. The van der Waals surface area contributed by atoms with E-state index in [-0.39, 0.29) is 29.8 Å². The lowest BCUT2D eigenvalue weighted by atomic mass is 10.2. The third kappa shape index (κ3) is 7.08. The number of aliphatic imine (C=N–C) groups is 1. The highest BCUT2D eigenvalue weighted by atomic mass is 127. The summed E-state index contributed by atoms with van der Waals surface area (Å²) < 4.78 is 12.8. The van der Waals surface area contributed by atoms with Gasteiger partial charge in [-0.2, -0.15) is 0 Å². The van der Waals surface area contributed by atoms with Crippen LogP contribution in [0.15, 0.2) is 29.3 Å². The van der Waals surface area contributed by atoms with Crippen LogP contribution >= 0.6 is 24.0 Å². The van der Waals surface area contributed by atoms with E-state index in [2.05, 4.69) is 27.6 Å². The van der Waals surface area contributed by atoms with Crippen molar-refractivity contribution >= 4 is 29.9 Å². The molecule has 1 aliphatic rings. The molecule has 118 valence electrons. The summed E-state index contributed by atoms with van der Waals surface area (Å²) in [5.74, 6) is 0.690. The summed E-state index contributed by atoms with van der Waals surface area (Å²) >= 11 is 0. The maximum absolute atomic E-state index is 12.8. The van der Waals surface area contributed by atoms with Crippen LogP contribution in [0.3, 0.4) is 0 Å². The van der Waals surface area contributed by atoms with Gasteiger partial charge >= 0.3 is 0 Å². The van der Waals surface area contributed by atoms with Crippen LogP contribution in [0.2, 0.25) is 0 Å². The molecule has 2 rings (SSSR count). The minimum atomic E-state index is -0.187. The third-order valence-electron chi connectivity index (χ3n) is 3.29. The molecule has 1 saturated carbocycles. The lowest BCUT2D eigenvalue weighted by molar-refractivity contribution is 0.331. The van der Waals surface area contributed by atoms with Crippen molar-refractivity contribution in [2.45, 2.75) is 25.4 Å². The van der Waals surface area contributed by atoms with Gasteiger partial charge in [-0.05, 0) is 37.6 Å². The molecule has 0 heterocycles. The van der Waals surface area contributed by atoms with Gasteiger partial charge in [0.1, 0.15) is 5.82 Å². The van der Waals surface area contributed by atoms with Crippen LogP contribution in [0.1, 0.15) is 18.4 Å². The van der Waals surface area contributed by atoms with Gasteiger partial charge in [0.15, 0.2) is 5.96 Å². The fraction of sp³-hybridized carbons (Fsp3) is 0.533. The summed E-state index contributed by atoms with van der Waals surface area (Å²) in [5, 5.41) is 6.65. The third-order valence-corrected chi connectivity index (χ3v) is 3.29. The molecule has 0 aliphatic heterocycles. The second-order valence-electron chi connectivity index (χ2n) is 5.28. The number of guanidine groups is 1. The van der Waals surface area contributed by atoms with Gasteiger partial charge in [-0.3, -0.25) is 4.99 Å². The van der Waals surface area contributed by atoms with Gasteiger partial charge in [0, 0.05) is 32.7 Å². The Bertz CT molecular complexity index is 445. The SMILES string of the molecule is CN=C(NCCN(C)Cc1ccc(F)cc1)NC1CC1.I. The largest absolute Gasteiger partial charge is 0.355 e. The average molecular weight is 406 g/mol. The number of benzene rings is 1. The van der Waals surface area contributed by atoms with Crippen LogP contribution in [0.5, 0.6) is 0 Å². The molecule has 1 aliphatic carbocycles. The number of hydrogen-bond donors (Lipinski definition) is 2. The second-order valence-corrected chi connectivity index (χ2v) is 5.28. The maximum Gasteiger partial charge on any atom is 0.191 e. The van der Waals surface area contributed by atoms with E-state index in [0.717, 1.165) is 31.2 Å². The highest BCUT2D eigenvalue weighted by Gasteiger charge is 2.21. The van der Waals surface area contributed by atoms with E-state index in [1.54, 1.807) is 7.05 Å². The second kappa shape index (κ2) is 9.19. The Labute approximate surface area is 143 Å². The van der Waals surface area contributed by atoms with Crippen molar-refractivity contribution in [1.29, 1.82) is 0 Å². The first-order valence-corrected chi connectivity index (χ1v) is 7.07. The number of nitrogens with zero attached hydrogens (tertiary/aromatic N) is 2. The first kappa shape index (κ1) is 18.2. The molecule has 2 N–H and O–H groups in total. The zero-order chi connectivity index (χ0) is 14.4. The normalized spacial score (nSPS) is 14.8. The standard InChI is InChI=1S/C15H23FN4.HI/c1-17-15(19-14-7-8-14)18-9-10-20(2)11-12-3-5-13(16)6-4-12;/h3-6,14H,7-11H2,1-2H3,(H2,17,18,19);1H. The molecule has 1 aromatic carbocycles. The average Bonchev–Trinajstić information content (AvgIpc) is 3.24. The van der Waals surface area contributed by atoms with Gasteiger partial charge in [-0.25, -0.2) is 4.39 Å². The molecule has 0 atom stereocenters. The minimum absolute atomic E-state index is 0. The van der Waals surface area contributed by atoms with Gasteiger partial charge in [0.05, 0.1) is 0 Å². The van der Waals surface area contributed by atoms with Crippen LogP contribution in [-0.4, -0.2) is 44.1 Å². The molecule has 0 radical (unpaired) electrons. The van der Waals surface area contributed by atoms with E-state index in [9.17, 15) is 4.39 Å². The summed E-state index contributed by atoms with van der Waals surface area (Å²) in [6.45, 7) is 2.56. The van der Waals surface area contributed by atoms with E-state index < -0.39 is 0 Å². The summed E-state index contributed by atoms with van der Waals surface area (Å²) in [7, 11) is 3.85.